The second kappa shape index (κ2) is 4.19. The van der Waals surface area contributed by atoms with Gasteiger partial charge in [0.15, 0.2) is 0 Å². The molecule has 0 N–H and O–H groups in total. The van der Waals surface area contributed by atoms with Crippen molar-refractivity contribution in [2.45, 2.75) is 6.61 Å². The van der Waals surface area contributed by atoms with E-state index in [9.17, 15) is 4.39 Å². The lowest BCUT2D eigenvalue weighted by Crippen LogP contribution is -1.95. The Morgan fingerprint density at radius 1 is 1.43 bits per heavy atom. The summed E-state index contributed by atoms with van der Waals surface area (Å²) in [5.74, 6) is 0.337. The molecule has 0 spiro atoms. The smallest absolute Gasteiger partial charge is 0.224 e. The number of hydrogen-bond donors (Lipinski definition) is 0. The molecule has 2 nitrogen and oxygen atoms in total. The molecule has 2 aromatic rings. The molecule has 72 valence electrons. The lowest BCUT2D eigenvalue weighted by Gasteiger charge is -2.02. The van der Waals surface area contributed by atoms with Crippen molar-refractivity contribution in [1.29, 1.82) is 0 Å². The Bertz CT molecular complexity index is 402. The molecule has 0 radical (unpaired) electrons. The summed E-state index contributed by atoms with van der Waals surface area (Å²) < 4.78 is 18.1. The average Bonchev–Trinajstić information content (AvgIpc) is 2.67. The van der Waals surface area contributed by atoms with Crippen molar-refractivity contribution in [1.82, 2.24) is 4.98 Å². The van der Waals surface area contributed by atoms with Gasteiger partial charge in [-0.15, -0.1) is 11.3 Å². The zero-order valence-corrected chi connectivity index (χ0v) is 8.13. The first kappa shape index (κ1) is 9.15. The second-order valence-corrected chi connectivity index (χ2v) is 3.46. The van der Waals surface area contributed by atoms with Crippen LogP contribution < -0.4 is 4.74 Å². The van der Waals surface area contributed by atoms with Crippen LogP contribution in [0.25, 0.3) is 0 Å². The molecule has 0 saturated carbocycles. The Kier molecular flexibility index (Phi) is 2.74. The van der Waals surface area contributed by atoms with Gasteiger partial charge in [0.1, 0.15) is 12.4 Å². The molecule has 1 aromatic heterocycles. The van der Waals surface area contributed by atoms with E-state index in [1.807, 2.05) is 6.07 Å². The summed E-state index contributed by atoms with van der Waals surface area (Å²) in [5.41, 5.74) is 2.50. The largest absolute Gasteiger partial charge is 0.472 e. The third-order valence-electron chi connectivity index (χ3n) is 1.69. The Morgan fingerprint density at radius 3 is 3.07 bits per heavy atom. The summed E-state index contributed by atoms with van der Waals surface area (Å²) in [6, 6.07) is 6.34. The highest BCUT2D eigenvalue weighted by Crippen LogP contribution is 2.12. The molecule has 0 aliphatic carbocycles. The fraction of sp³-hybridized carbons (Fsp3) is 0.100. The van der Waals surface area contributed by atoms with E-state index in [-0.39, 0.29) is 5.82 Å². The van der Waals surface area contributed by atoms with E-state index < -0.39 is 0 Å². The standard InChI is InChI=1S/C10H8FNOS/c11-9-3-1-2-8(4-9)5-13-10-6-14-7-12-10/h1-4,6-7H,5H2. The molecule has 1 aromatic carbocycles. The number of benzene rings is 1. The van der Waals surface area contributed by atoms with Crippen molar-refractivity contribution in [2.24, 2.45) is 0 Å². The molecule has 0 atom stereocenters. The number of halogens is 1. The molecule has 14 heavy (non-hydrogen) atoms. The van der Waals surface area contributed by atoms with Gasteiger partial charge in [-0.1, -0.05) is 12.1 Å². The third-order valence-corrected chi connectivity index (χ3v) is 2.25. The molecule has 0 bridgehead atoms. The van der Waals surface area contributed by atoms with Crippen molar-refractivity contribution in [3.63, 3.8) is 0 Å². The van der Waals surface area contributed by atoms with E-state index in [1.165, 1.54) is 23.5 Å². The zero-order chi connectivity index (χ0) is 9.80. The first-order valence-corrected chi connectivity index (χ1v) is 5.04. The van der Waals surface area contributed by atoms with Gasteiger partial charge in [0.25, 0.3) is 0 Å². The molecular formula is C10H8FNOS. The van der Waals surface area contributed by atoms with Gasteiger partial charge in [-0.3, -0.25) is 0 Å². The number of rotatable bonds is 3. The SMILES string of the molecule is Fc1cccc(COc2cscn2)c1. The van der Waals surface area contributed by atoms with Crippen molar-refractivity contribution < 1.29 is 9.13 Å². The molecule has 1 heterocycles. The molecule has 0 amide bonds. The molecule has 0 fully saturated rings. The summed E-state index contributed by atoms with van der Waals surface area (Å²) in [7, 11) is 0. The highest BCUT2D eigenvalue weighted by atomic mass is 32.1. The normalized spacial score (nSPS) is 10.1. The molecule has 4 heteroatoms. The molecular weight excluding hydrogens is 201 g/mol. The quantitative estimate of drug-likeness (QED) is 0.775. The van der Waals surface area contributed by atoms with Gasteiger partial charge in [0.05, 0.1) is 10.9 Å². The van der Waals surface area contributed by atoms with Crippen LogP contribution in [-0.2, 0) is 6.61 Å². The molecule has 0 unspecified atom stereocenters. The predicted octanol–water partition coefficient (Wildman–Crippen LogP) is 2.86. The number of nitrogens with zero attached hydrogens (tertiary/aromatic N) is 1. The van der Waals surface area contributed by atoms with Gasteiger partial charge >= 0.3 is 0 Å². The third kappa shape index (κ3) is 2.29. The predicted molar refractivity (Wildman–Crippen MR) is 52.8 cm³/mol. The Labute approximate surface area is 85.0 Å². The minimum atomic E-state index is -0.246. The van der Waals surface area contributed by atoms with Crippen LogP contribution in [0.4, 0.5) is 4.39 Å². The van der Waals surface area contributed by atoms with Gasteiger partial charge in [-0.2, -0.15) is 0 Å². The fourth-order valence-corrected chi connectivity index (χ4v) is 1.53. The van der Waals surface area contributed by atoms with Crippen molar-refractivity contribution in [3.8, 4) is 5.88 Å². The first-order chi connectivity index (χ1) is 6.84. The van der Waals surface area contributed by atoms with Crippen LogP contribution in [-0.4, -0.2) is 4.98 Å². The van der Waals surface area contributed by atoms with Gasteiger partial charge in [-0.25, -0.2) is 9.37 Å². The first-order valence-electron chi connectivity index (χ1n) is 4.10. The van der Waals surface area contributed by atoms with Crippen LogP contribution in [0.1, 0.15) is 5.56 Å². The monoisotopic (exact) mass is 209 g/mol. The van der Waals surface area contributed by atoms with E-state index in [4.69, 9.17) is 4.74 Å². The molecule has 0 aliphatic rings. The van der Waals surface area contributed by atoms with Crippen LogP contribution in [0.15, 0.2) is 35.2 Å². The zero-order valence-electron chi connectivity index (χ0n) is 7.31. The average molecular weight is 209 g/mol. The Balaban J connectivity index is 1.98. The van der Waals surface area contributed by atoms with Crippen LogP contribution in [0, 0.1) is 5.82 Å². The summed E-state index contributed by atoms with van der Waals surface area (Å²) in [4.78, 5) is 3.96. The van der Waals surface area contributed by atoms with Crippen LogP contribution in [0.3, 0.4) is 0 Å². The maximum Gasteiger partial charge on any atom is 0.224 e. The summed E-state index contributed by atoms with van der Waals surface area (Å²) >= 11 is 1.47. The minimum Gasteiger partial charge on any atom is -0.472 e. The van der Waals surface area contributed by atoms with Crippen molar-refractivity contribution in [3.05, 3.63) is 46.5 Å². The van der Waals surface area contributed by atoms with Gasteiger partial charge < -0.3 is 4.74 Å². The second-order valence-electron chi connectivity index (χ2n) is 2.75. The van der Waals surface area contributed by atoms with Crippen LogP contribution in [0.5, 0.6) is 5.88 Å². The van der Waals surface area contributed by atoms with Gasteiger partial charge in [0.2, 0.25) is 5.88 Å². The highest BCUT2D eigenvalue weighted by molar-refractivity contribution is 7.07. The lowest BCUT2D eigenvalue weighted by atomic mass is 10.2. The maximum atomic E-state index is 12.8. The van der Waals surface area contributed by atoms with Crippen LogP contribution >= 0.6 is 11.3 Å². The van der Waals surface area contributed by atoms with Gasteiger partial charge in [-0.05, 0) is 17.7 Å². The summed E-state index contributed by atoms with van der Waals surface area (Å²) in [6.45, 7) is 0.349. The van der Waals surface area contributed by atoms with Crippen molar-refractivity contribution >= 4 is 11.3 Å². The van der Waals surface area contributed by atoms with E-state index in [0.717, 1.165) is 5.56 Å². The van der Waals surface area contributed by atoms with Gasteiger partial charge in [0, 0.05) is 0 Å². The number of ether oxygens (including phenoxy) is 1. The number of hydrogen-bond acceptors (Lipinski definition) is 3. The molecule has 2 rings (SSSR count). The summed E-state index contributed by atoms with van der Waals surface area (Å²) in [5, 5.41) is 1.80. The van der Waals surface area contributed by atoms with Crippen LogP contribution in [0.2, 0.25) is 0 Å². The number of aromatic nitrogens is 1. The topological polar surface area (TPSA) is 22.1 Å². The lowest BCUT2D eigenvalue weighted by molar-refractivity contribution is 0.295. The fourth-order valence-electron chi connectivity index (χ4n) is 1.06. The minimum absolute atomic E-state index is 0.246. The van der Waals surface area contributed by atoms with E-state index in [2.05, 4.69) is 4.98 Å². The molecule has 0 saturated heterocycles. The number of thiazole rings is 1. The van der Waals surface area contributed by atoms with Crippen molar-refractivity contribution in [2.75, 3.05) is 0 Å². The van der Waals surface area contributed by atoms with E-state index >= 15 is 0 Å². The van der Waals surface area contributed by atoms with E-state index in [1.54, 1.807) is 17.0 Å². The Hall–Kier alpha value is -1.42. The Morgan fingerprint density at radius 2 is 2.36 bits per heavy atom. The van der Waals surface area contributed by atoms with E-state index in [0.29, 0.717) is 12.5 Å². The molecule has 0 aliphatic heterocycles. The summed E-state index contributed by atoms with van der Waals surface area (Å²) in [6.07, 6.45) is 0. The highest BCUT2D eigenvalue weighted by Gasteiger charge is 1.98. The maximum absolute atomic E-state index is 12.8.